The first-order chi connectivity index (χ1) is 5.88. The molecule has 2 nitrogen and oxygen atoms in total. The maximum atomic E-state index is 12.2. The second-order valence-electron chi connectivity index (χ2n) is 3.10. The third kappa shape index (κ3) is 5.87. The Hall–Kier alpha value is -0.290. The number of halogens is 3. The first-order valence-corrected chi connectivity index (χ1v) is 4.30. The molecule has 1 atom stereocenters. The van der Waals surface area contributed by atoms with Crippen LogP contribution < -0.4 is 0 Å². The van der Waals surface area contributed by atoms with Gasteiger partial charge in [-0.1, -0.05) is 19.8 Å². The molecule has 0 aromatic carbocycles. The third-order valence-corrected chi connectivity index (χ3v) is 1.86. The molecule has 0 fully saturated rings. The van der Waals surface area contributed by atoms with Gasteiger partial charge in [0.1, 0.15) is 0 Å². The molecule has 0 aromatic heterocycles. The summed E-state index contributed by atoms with van der Waals surface area (Å²) in [4.78, 5) is 0. The normalized spacial score (nSPS) is 15.0. The van der Waals surface area contributed by atoms with Gasteiger partial charge < -0.3 is 10.2 Å². The van der Waals surface area contributed by atoms with E-state index in [1.54, 1.807) is 6.92 Å². The van der Waals surface area contributed by atoms with Crippen molar-refractivity contribution >= 4 is 0 Å². The van der Waals surface area contributed by atoms with Gasteiger partial charge in [0.15, 0.2) is 6.29 Å². The minimum absolute atomic E-state index is 0.0301. The number of aliphatic hydroxyl groups excluding tert-OH is 1. The van der Waals surface area contributed by atoms with E-state index in [0.29, 0.717) is 12.8 Å². The molecule has 0 saturated heterocycles. The fraction of sp³-hybridized carbons (Fsp3) is 1.00. The van der Waals surface area contributed by atoms with Crippen molar-refractivity contribution in [2.75, 3.05) is 0 Å². The van der Waals surface area contributed by atoms with Gasteiger partial charge in [-0.3, -0.25) is 0 Å². The fourth-order valence-electron chi connectivity index (χ4n) is 1.12. The molecule has 0 aliphatic carbocycles. The van der Waals surface area contributed by atoms with Crippen molar-refractivity contribution in [3.05, 3.63) is 0 Å². The fourth-order valence-corrected chi connectivity index (χ4v) is 1.12. The van der Waals surface area contributed by atoms with Gasteiger partial charge in [-0.05, 0) is 6.42 Å². The number of unbranched alkanes of at least 4 members (excludes halogenated alkanes) is 1. The highest BCUT2D eigenvalue weighted by atomic mass is 19.4. The molecular formula is C8H15F3O2. The first kappa shape index (κ1) is 12.7. The van der Waals surface area contributed by atoms with Crippen molar-refractivity contribution in [3.63, 3.8) is 0 Å². The highest BCUT2D eigenvalue weighted by Crippen LogP contribution is 2.33. The molecule has 0 aliphatic heterocycles. The zero-order valence-corrected chi connectivity index (χ0v) is 7.51. The minimum atomic E-state index is -4.32. The maximum absolute atomic E-state index is 12.2. The van der Waals surface area contributed by atoms with Crippen LogP contribution in [0.5, 0.6) is 0 Å². The summed E-state index contributed by atoms with van der Waals surface area (Å²) in [5.41, 5.74) is 0. The van der Waals surface area contributed by atoms with Crippen LogP contribution in [0.15, 0.2) is 0 Å². The van der Waals surface area contributed by atoms with E-state index in [1.807, 2.05) is 0 Å². The monoisotopic (exact) mass is 200 g/mol. The number of rotatable bonds is 5. The quantitative estimate of drug-likeness (QED) is 0.667. The van der Waals surface area contributed by atoms with E-state index in [2.05, 4.69) is 0 Å². The summed E-state index contributed by atoms with van der Waals surface area (Å²) in [6, 6.07) is 0. The van der Waals surface area contributed by atoms with Crippen molar-refractivity contribution in [2.24, 2.45) is 5.92 Å². The lowest BCUT2D eigenvalue weighted by Crippen LogP contribution is -2.27. The largest absolute Gasteiger partial charge is 0.392 e. The van der Waals surface area contributed by atoms with Gasteiger partial charge in [0.2, 0.25) is 0 Å². The number of hydrogen-bond acceptors (Lipinski definition) is 2. The molecule has 0 amide bonds. The Balaban J connectivity index is 4.03. The van der Waals surface area contributed by atoms with E-state index in [-0.39, 0.29) is 6.42 Å². The second-order valence-corrected chi connectivity index (χ2v) is 3.10. The Morgan fingerprint density at radius 1 is 1.23 bits per heavy atom. The molecule has 5 heteroatoms. The summed E-state index contributed by atoms with van der Waals surface area (Å²) < 4.78 is 36.5. The number of aliphatic hydroxyl groups is 2. The predicted octanol–water partition coefficient (Wildman–Crippen LogP) is 2.06. The van der Waals surface area contributed by atoms with Gasteiger partial charge in [0, 0.05) is 6.42 Å². The molecular weight excluding hydrogens is 185 g/mol. The van der Waals surface area contributed by atoms with Crippen molar-refractivity contribution < 1.29 is 23.4 Å². The van der Waals surface area contributed by atoms with E-state index >= 15 is 0 Å². The molecule has 0 heterocycles. The molecule has 80 valence electrons. The Labute approximate surface area is 75.4 Å². The molecule has 0 unspecified atom stereocenters. The van der Waals surface area contributed by atoms with Crippen LogP contribution in [0, 0.1) is 5.92 Å². The number of alkyl halides is 3. The minimum Gasteiger partial charge on any atom is -0.368 e. The van der Waals surface area contributed by atoms with E-state index in [4.69, 9.17) is 10.2 Å². The zero-order valence-electron chi connectivity index (χ0n) is 7.51. The van der Waals surface area contributed by atoms with E-state index in [1.165, 1.54) is 0 Å². The summed E-state index contributed by atoms with van der Waals surface area (Å²) in [5, 5.41) is 16.9. The molecule has 0 rings (SSSR count). The van der Waals surface area contributed by atoms with Crippen LogP contribution in [0.25, 0.3) is 0 Å². The molecule has 0 saturated carbocycles. The first-order valence-electron chi connectivity index (χ1n) is 4.30. The molecule has 0 aromatic rings. The summed E-state index contributed by atoms with van der Waals surface area (Å²) in [5.74, 6) is -1.59. The van der Waals surface area contributed by atoms with Crippen LogP contribution in [-0.2, 0) is 0 Å². The van der Waals surface area contributed by atoms with Gasteiger partial charge in [0.05, 0.1) is 5.92 Å². The average molecular weight is 200 g/mol. The smallest absolute Gasteiger partial charge is 0.368 e. The lowest BCUT2D eigenvalue weighted by molar-refractivity contribution is -0.196. The summed E-state index contributed by atoms with van der Waals surface area (Å²) in [6.07, 6.45) is -5.71. The third-order valence-electron chi connectivity index (χ3n) is 1.86. The lowest BCUT2D eigenvalue weighted by atomic mass is 9.98. The SMILES string of the molecule is CCCC[C@H](CC(O)O)C(F)(F)F. The van der Waals surface area contributed by atoms with E-state index in [0.717, 1.165) is 0 Å². The van der Waals surface area contributed by atoms with Gasteiger partial charge in [-0.15, -0.1) is 0 Å². The molecule has 0 aliphatic rings. The highest BCUT2D eigenvalue weighted by Gasteiger charge is 2.39. The van der Waals surface area contributed by atoms with Gasteiger partial charge in [-0.2, -0.15) is 13.2 Å². The van der Waals surface area contributed by atoms with Crippen molar-refractivity contribution in [1.82, 2.24) is 0 Å². The molecule has 2 N–H and O–H groups in total. The molecule has 0 bridgehead atoms. The van der Waals surface area contributed by atoms with Crippen LogP contribution in [0.3, 0.4) is 0 Å². The van der Waals surface area contributed by atoms with Crippen molar-refractivity contribution in [3.8, 4) is 0 Å². The van der Waals surface area contributed by atoms with Crippen LogP contribution in [0.2, 0.25) is 0 Å². The summed E-state index contributed by atoms with van der Waals surface area (Å²) >= 11 is 0. The lowest BCUT2D eigenvalue weighted by Gasteiger charge is -2.20. The predicted molar refractivity (Wildman–Crippen MR) is 41.9 cm³/mol. The Morgan fingerprint density at radius 2 is 1.77 bits per heavy atom. The maximum Gasteiger partial charge on any atom is 0.392 e. The van der Waals surface area contributed by atoms with Crippen LogP contribution >= 0.6 is 0 Å². The average Bonchev–Trinajstić information content (AvgIpc) is 1.95. The van der Waals surface area contributed by atoms with Gasteiger partial charge in [0.25, 0.3) is 0 Å². The summed E-state index contributed by atoms with van der Waals surface area (Å²) in [6.45, 7) is 1.79. The Kier molecular flexibility index (Phi) is 5.32. The van der Waals surface area contributed by atoms with E-state index < -0.39 is 24.8 Å². The van der Waals surface area contributed by atoms with Crippen LogP contribution in [-0.4, -0.2) is 22.7 Å². The highest BCUT2D eigenvalue weighted by molar-refractivity contribution is 4.68. The van der Waals surface area contributed by atoms with Crippen molar-refractivity contribution in [2.45, 2.75) is 45.1 Å². The second kappa shape index (κ2) is 5.44. The van der Waals surface area contributed by atoms with Gasteiger partial charge in [-0.25, -0.2) is 0 Å². The molecule has 13 heavy (non-hydrogen) atoms. The molecule has 0 spiro atoms. The van der Waals surface area contributed by atoms with Crippen molar-refractivity contribution in [1.29, 1.82) is 0 Å². The topological polar surface area (TPSA) is 40.5 Å². The standard InChI is InChI=1S/C8H15F3O2/c1-2-3-4-6(5-7(12)13)8(9,10)11/h6-7,12-13H,2-5H2,1H3/t6-/m1/s1. The van der Waals surface area contributed by atoms with Crippen LogP contribution in [0.4, 0.5) is 13.2 Å². The van der Waals surface area contributed by atoms with Gasteiger partial charge >= 0.3 is 6.18 Å². The van der Waals surface area contributed by atoms with E-state index in [9.17, 15) is 13.2 Å². The number of hydrogen-bond donors (Lipinski definition) is 2. The zero-order chi connectivity index (χ0) is 10.5. The Morgan fingerprint density at radius 3 is 2.08 bits per heavy atom. The Bertz CT molecular complexity index is 134. The summed E-state index contributed by atoms with van der Waals surface area (Å²) in [7, 11) is 0. The molecule has 0 radical (unpaired) electrons. The van der Waals surface area contributed by atoms with Crippen LogP contribution in [0.1, 0.15) is 32.6 Å².